The molecule has 74 valence electrons. The number of hydrogen-bond donors (Lipinski definition) is 3. The first kappa shape index (κ1) is 12.1. The molecule has 0 aliphatic rings. The molecule has 1 aromatic carbocycles. The topological polar surface area (TPSA) is 72.3 Å². The lowest BCUT2D eigenvalue weighted by atomic mass is 9.85. The Bertz CT molecular complexity index is 222. The quantitative estimate of drug-likeness (QED) is 0.603. The van der Waals surface area contributed by atoms with Gasteiger partial charge in [-0.1, -0.05) is 44.2 Å². The molecule has 0 saturated carbocycles. The number of hydrogen-bond acceptors (Lipinski definition) is 3. The highest BCUT2D eigenvalue weighted by Gasteiger charge is 2.16. The van der Waals surface area contributed by atoms with Gasteiger partial charge in [0.25, 0.3) is 0 Å². The Morgan fingerprint density at radius 2 is 1.62 bits per heavy atom. The summed E-state index contributed by atoms with van der Waals surface area (Å²) in [4.78, 5) is 0. The van der Waals surface area contributed by atoms with Crippen molar-refractivity contribution >= 4 is 0 Å². The Kier molecular flexibility index (Phi) is 5.30. The first-order chi connectivity index (χ1) is 6.17. The van der Waals surface area contributed by atoms with Gasteiger partial charge < -0.3 is 10.9 Å². The highest BCUT2D eigenvalue weighted by atomic mass is 16.4. The summed E-state index contributed by atoms with van der Waals surface area (Å²) >= 11 is 0. The van der Waals surface area contributed by atoms with E-state index in [0.717, 1.165) is 0 Å². The second kappa shape index (κ2) is 5.70. The van der Waals surface area contributed by atoms with E-state index in [0.29, 0.717) is 6.54 Å². The van der Waals surface area contributed by atoms with Crippen LogP contribution in [0.1, 0.15) is 19.4 Å². The fourth-order valence-corrected chi connectivity index (χ4v) is 1.01. The minimum Gasteiger partial charge on any atom is -0.330 e. The van der Waals surface area contributed by atoms with Gasteiger partial charge in [0, 0.05) is 12.0 Å². The first-order valence-electron chi connectivity index (χ1n) is 4.18. The smallest absolute Gasteiger partial charge is 0.00190 e. The van der Waals surface area contributed by atoms with Crippen LogP contribution in [0.15, 0.2) is 30.3 Å². The molecule has 3 nitrogen and oxygen atoms in total. The molecule has 0 radical (unpaired) electrons. The molecule has 5 N–H and O–H groups in total. The highest BCUT2D eigenvalue weighted by molar-refractivity contribution is 5.23. The van der Waals surface area contributed by atoms with Crippen LogP contribution in [0.2, 0.25) is 0 Å². The Morgan fingerprint density at radius 1 is 1.15 bits per heavy atom. The number of rotatable bonds is 2. The lowest BCUT2D eigenvalue weighted by Gasteiger charge is -2.22. The molecule has 0 fully saturated rings. The van der Waals surface area contributed by atoms with Crippen LogP contribution < -0.4 is 11.6 Å². The standard InChI is InChI=1S/C10H15N.H3NO/c1-10(2,8-11)9-6-4-3-5-7-9;1-2/h3-7H,8,11H2,1-2H3;2H,1H2. The average Bonchev–Trinajstić information content (AvgIpc) is 2.22. The fourth-order valence-electron chi connectivity index (χ4n) is 1.01. The van der Waals surface area contributed by atoms with Crippen molar-refractivity contribution in [3.05, 3.63) is 35.9 Å². The van der Waals surface area contributed by atoms with Gasteiger partial charge in [0.05, 0.1) is 0 Å². The van der Waals surface area contributed by atoms with Gasteiger partial charge in [0.1, 0.15) is 0 Å². The zero-order valence-electron chi connectivity index (χ0n) is 8.20. The van der Waals surface area contributed by atoms with E-state index in [-0.39, 0.29) is 5.41 Å². The second-order valence-corrected chi connectivity index (χ2v) is 3.45. The van der Waals surface area contributed by atoms with E-state index in [1.54, 1.807) is 0 Å². The molecule has 0 spiro atoms. The largest absolute Gasteiger partial charge is 0.330 e. The van der Waals surface area contributed by atoms with E-state index >= 15 is 0 Å². The molecule has 0 aliphatic carbocycles. The minimum absolute atomic E-state index is 0.112. The summed E-state index contributed by atoms with van der Waals surface area (Å²) in [6.07, 6.45) is 0. The average molecular weight is 182 g/mol. The third-order valence-electron chi connectivity index (χ3n) is 2.07. The molecule has 0 unspecified atom stereocenters. The Hall–Kier alpha value is -0.900. The van der Waals surface area contributed by atoms with E-state index in [1.807, 2.05) is 18.2 Å². The molecule has 0 atom stereocenters. The molecule has 0 amide bonds. The van der Waals surface area contributed by atoms with Gasteiger partial charge >= 0.3 is 0 Å². The summed E-state index contributed by atoms with van der Waals surface area (Å²) in [5, 5.41) is 6.50. The van der Waals surface area contributed by atoms with Crippen molar-refractivity contribution in [1.29, 1.82) is 0 Å². The molecule has 3 heteroatoms. The molecule has 1 aromatic rings. The van der Waals surface area contributed by atoms with Crippen LogP contribution in [0.5, 0.6) is 0 Å². The minimum atomic E-state index is 0.112. The lowest BCUT2D eigenvalue weighted by Crippen LogP contribution is -2.27. The highest BCUT2D eigenvalue weighted by Crippen LogP contribution is 2.20. The molecule has 0 saturated heterocycles. The number of nitrogens with two attached hydrogens (primary N) is 2. The molecule has 0 heterocycles. The van der Waals surface area contributed by atoms with E-state index < -0.39 is 0 Å². The van der Waals surface area contributed by atoms with Gasteiger partial charge in [0.2, 0.25) is 0 Å². The van der Waals surface area contributed by atoms with Crippen LogP contribution in [0.3, 0.4) is 0 Å². The maximum atomic E-state index is 6.50. The zero-order chi connectivity index (χ0) is 10.3. The van der Waals surface area contributed by atoms with Crippen molar-refractivity contribution in [3.8, 4) is 0 Å². The number of benzene rings is 1. The van der Waals surface area contributed by atoms with Crippen LogP contribution in [0, 0.1) is 0 Å². The molecule has 0 aromatic heterocycles. The molecule has 0 bridgehead atoms. The Morgan fingerprint density at radius 3 is 2.00 bits per heavy atom. The molecular weight excluding hydrogens is 164 g/mol. The summed E-state index contributed by atoms with van der Waals surface area (Å²) in [5.41, 5.74) is 7.06. The van der Waals surface area contributed by atoms with Gasteiger partial charge in [-0.3, -0.25) is 0 Å². The summed E-state index contributed by atoms with van der Waals surface area (Å²) in [5.74, 6) is 3.50. The summed E-state index contributed by atoms with van der Waals surface area (Å²) in [6, 6.07) is 10.4. The van der Waals surface area contributed by atoms with E-state index in [4.69, 9.17) is 10.9 Å². The SMILES string of the molecule is CC(C)(CN)c1ccccc1.NO. The van der Waals surface area contributed by atoms with Crippen LogP contribution in [0.25, 0.3) is 0 Å². The second-order valence-electron chi connectivity index (χ2n) is 3.45. The maximum Gasteiger partial charge on any atom is 0.00190 e. The predicted molar refractivity (Wildman–Crippen MR) is 54.5 cm³/mol. The predicted octanol–water partition coefficient (Wildman–Crippen LogP) is 1.26. The van der Waals surface area contributed by atoms with Crippen molar-refractivity contribution in [2.45, 2.75) is 19.3 Å². The van der Waals surface area contributed by atoms with E-state index in [1.165, 1.54) is 5.56 Å². The third kappa shape index (κ3) is 3.55. The Labute approximate surface area is 79.3 Å². The van der Waals surface area contributed by atoms with Crippen LogP contribution in [-0.2, 0) is 5.41 Å². The molecular formula is C10H18N2O. The first-order valence-corrected chi connectivity index (χ1v) is 4.18. The summed E-state index contributed by atoms with van der Waals surface area (Å²) in [6.45, 7) is 5.00. The van der Waals surface area contributed by atoms with Crippen molar-refractivity contribution in [3.63, 3.8) is 0 Å². The summed E-state index contributed by atoms with van der Waals surface area (Å²) in [7, 11) is 0. The Balaban J connectivity index is 0.000000671. The van der Waals surface area contributed by atoms with Crippen LogP contribution >= 0.6 is 0 Å². The van der Waals surface area contributed by atoms with Gasteiger partial charge in [-0.25, -0.2) is 5.90 Å². The van der Waals surface area contributed by atoms with Crippen LogP contribution in [0.4, 0.5) is 0 Å². The van der Waals surface area contributed by atoms with Gasteiger partial charge in [-0.2, -0.15) is 0 Å². The van der Waals surface area contributed by atoms with Crippen molar-refractivity contribution in [2.24, 2.45) is 11.6 Å². The molecule has 0 aliphatic heterocycles. The van der Waals surface area contributed by atoms with Crippen molar-refractivity contribution < 1.29 is 5.21 Å². The maximum absolute atomic E-state index is 6.50. The zero-order valence-corrected chi connectivity index (χ0v) is 8.20. The molecule has 1 rings (SSSR count). The monoisotopic (exact) mass is 182 g/mol. The van der Waals surface area contributed by atoms with Crippen molar-refractivity contribution in [1.82, 2.24) is 0 Å². The van der Waals surface area contributed by atoms with Gasteiger partial charge in [0.15, 0.2) is 0 Å². The fraction of sp³-hybridized carbons (Fsp3) is 0.400. The summed E-state index contributed by atoms with van der Waals surface area (Å²) < 4.78 is 0. The van der Waals surface area contributed by atoms with Gasteiger partial charge in [-0.15, -0.1) is 0 Å². The van der Waals surface area contributed by atoms with Crippen LogP contribution in [-0.4, -0.2) is 11.8 Å². The van der Waals surface area contributed by atoms with Crippen molar-refractivity contribution in [2.75, 3.05) is 6.54 Å². The van der Waals surface area contributed by atoms with Gasteiger partial charge in [-0.05, 0) is 5.56 Å². The van der Waals surface area contributed by atoms with E-state index in [2.05, 4.69) is 31.9 Å². The third-order valence-corrected chi connectivity index (χ3v) is 2.07. The lowest BCUT2D eigenvalue weighted by molar-refractivity contribution is 0.311. The van der Waals surface area contributed by atoms with E-state index in [9.17, 15) is 0 Å². The molecule has 13 heavy (non-hydrogen) atoms. The normalized spacial score (nSPS) is 10.2.